The van der Waals surface area contributed by atoms with E-state index in [0.717, 1.165) is 17.0 Å². The number of halogens is 1. The van der Waals surface area contributed by atoms with Gasteiger partial charge in [0.25, 0.3) is 0 Å². The minimum atomic E-state index is 0.538. The summed E-state index contributed by atoms with van der Waals surface area (Å²) in [6.45, 7) is 0.538. The Morgan fingerprint density at radius 3 is 3.36 bits per heavy atom. The topological polar surface area (TPSA) is 22.1 Å². The van der Waals surface area contributed by atoms with E-state index in [1.165, 1.54) is 5.54 Å². The Hall–Kier alpha value is -1.02. The van der Waals surface area contributed by atoms with Crippen LogP contribution in [0.4, 0.5) is 0 Å². The molecule has 0 N–H and O–H groups in total. The molecule has 1 aromatic heterocycles. The summed E-state index contributed by atoms with van der Waals surface area (Å²) in [5.41, 5.74) is 3.32. The van der Waals surface area contributed by atoms with Crippen molar-refractivity contribution in [1.29, 1.82) is 0 Å². The first-order valence-electron chi connectivity index (χ1n) is 3.29. The van der Waals surface area contributed by atoms with Gasteiger partial charge in [-0.2, -0.15) is 0 Å². The van der Waals surface area contributed by atoms with E-state index in [2.05, 4.69) is 4.98 Å². The number of fused-ring (bicyclic) bond motifs is 1. The van der Waals surface area contributed by atoms with Crippen molar-refractivity contribution in [1.82, 2.24) is 4.98 Å². The summed E-state index contributed by atoms with van der Waals surface area (Å²) in [4.78, 5) is 4.13. The molecule has 0 bridgehead atoms. The molecule has 0 atom stereocenters. The van der Waals surface area contributed by atoms with Crippen molar-refractivity contribution in [3.63, 3.8) is 0 Å². The highest BCUT2D eigenvalue weighted by Crippen LogP contribution is 2.30. The molecule has 2 rings (SSSR count). The van der Waals surface area contributed by atoms with Gasteiger partial charge in [-0.25, -0.2) is 0 Å². The maximum absolute atomic E-state index is 5.55. The van der Waals surface area contributed by atoms with E-state index in [-0.39, 0.29) is 0 Å². The van der Waals surface area contributed by atoms with Crippen LogP contribution in [0.2, 0.25) is 0 Å². The van der Waals surface area contributed by atoms with Gasteiger partial charge >= 0.3 is 0 Å². The first-order chi connectivity index (χ1) is 5.42. The summed E-state index contributed by atoms with van der Waals surface area (Å²) in [6, 6.07) is 3.73. The molecule has 11 heavy (non-hydrogen) atoms. The summed E-state index contributed by atoms with van der Waals surface area (Å²) in [7, 11) is 0. The molecule has 0 saturated carbocycles. The van der Waals surface area contributed by atoms with Crippen molar-refractivity contribution in [2.24, 2.45) is 0 Å². The van der Waals surface area contributed by atoms with Gasteiger partial charge in [0.1, 0.15) is 18.1 Å². The predicted molar refractivity (Wildman–Crippen MR) is 43.6 cm³/mol. The molecule has 0 amide bonds. The number of rotatable bonds is 0. The van der Waals surface area contributed by atoms with Crippen molar-refractivity contribution in [2.45, 2.75) is 0 Å². The third-order valence-corrected chi connectivity index (χ3v) is 1.85. The maximum Gasteiger partial charge on any atom is 0.145 e. The molecular weight excluding hydrogens is 162 g/mol. The van der Waals surface area contributed by atoms with Gasteiger partial charge in [0.05, 0.1) is 0 Å². The highest BCUT2D eigenvalue weighted by atomic mass is 35.5. The molecule has 0 aromatic carbocycles. The van der Waals surface area contributed by atoms with E-state index < -0.39 is 0 Å². The number of aromatic nitrogens is 1. The average Bonchev–Trinajstić information content (AvgIpc) is 2.47. The molecule has 0 spiro atoms. The zero-order chi connectivity index (χ0) is 7.68. The number of pyridine rings is 1. The minimum Gasteiger partial charge on any atom is -0.487 e. The minimum absolute atomic E-state index is 0.538. The van der Waals surface area contributed by atoms with Gasteiger partial charge in [0.15, 0.2) is 0 Å². The molecule has 0 saturated heterocycles. The van der Waals surface area contributed by atoms with Crippen LogP contribution < -0.4 is 4.74 Å². The smallest absolute Gasteiger partial charge is 0.145 e. The monoisotopic (exact) mass is 167 g/mol. The van der Waals surface area contributed by atoms with E-state index in [9.17, 15) is 0 Å². The van der Waals surface area contributed by atoms with E-state index in [0.29, 0.717) is 6.61 Å². The van der Waals surface area contributed by atoms with Gasteiger partial charge in [-0.1, -0.05) is 11.6 Å². The fraction of sp³-hybridized carbons (Fsp3) is 0.125. The summed E-state index contributed by atoms with van der Waals surface area (Å²) < 4.78 is 5.29. The van der Waals surface area contributed by atoms with Gasteiger partial charge in [-0.15, -0.1) is 0 Å². The van der Waals surface area contributed by atoms with Crippen LogP contribution >= 0.6 is 11.6 Å². The van der Waals surface area contributed by atoms with Gasteiger partial charge in [0, 0.05) is 17.3 Å². The molecule has 2 nitrogen and oxygen atoms in total. The Balaban J connectivity index is 2.55. The lowest BCUT2D eigenvalue weighted by Crippen LogP contribution is -1.85. The second kappa shape index (κ2) is 2.55. The zero-order valence-electron chi connectivity index (χ0n) is 5.75. The largest absolute Gasteiger partial charge is 0.487 e. The van der Waals surface area contributed by atoms with Crippen LogP contribution in [0.15, 0.2) is 23.9 Å². The number of hydrogen-bond acceptors (Lipinski definition) is 2. The molecule has 1 aliphatic heterocycles. The third-order valence-electron chi connectivity index (χ3n) is 1.59. The van der Waals surface area contributed by atoms with Crippen molar-refractivity contribution in [3.8, 4) is 5.75 Å². The van der Waals surface area contributed by atoms with Crippen LogP contribution in [0.1, 0.15) is 5.69 Å². The Bertz CT molecular complexity index is 309. The number of ether oxygens (including phenoxy) is 1. The summed E-state index contributed by atoms with van der Waals surface area (Å²) in [6.07, 6.45) is 1.73. The van der Waals surface area contributed by atoms with Crippen LogP contribution in [0.25, 0.3) is 5.57 Å². The molecule has 3 heteroatoms. The Morgan fingerprint density at radius 2 is 2.55 bits per heavy atom. The highest BCUT2D eigenvalue weighted by molar-refractivity contribution is 6.28. The Labute approximate surface area is 69.5 Å². The van der Waals surface area contributed by atoms with Gasteiger partial charge in [0.2, 0.25) is 0 Å². The van der Waals surface area contributed by atoms with Crippen LogP contribution in [-0.4, -0.2) is 11.6 Å². The lowest BCUT2D eigenvalue weighted by Gasteiger charge is -1.92. The lowest BCUT2D eigenvalue weighted by atomic mass is 10.2. The van der Waals surface area contributed by atoms with Crippen molar-refractivity contribution >= 4 is 17.2 Å². The average molecular weight is 168 g/mol. The fourth-order valence-corrected chi connectivity index (χ4v) is 1.22. The lowest BCUT2D eigenvalue weighted by molar-refractivity contribution is 0.388. The summed E-state index contributed by atoms with van der Waals surface area (Å²) >= 11 is 5.55. The van der Waals surface area contributed by atoms with Crippen LogP contribution in [-0.2, 0) is 0 Å². The predicted octanol–water partition coefficient (Wildman–Crippen LogP) is 2.05. The van der Waals surface area contributed by atoms with Crippen molar-refractivity contribution in [3.05, 3.63) is 29.6 Å². The van der Waals surface area contributed by atoms with Crippen molar-refractivity contribution < 1.29 is 4.74 Å². The van der Waals surface area contributed by atoms with E-state index in [1.807, 2.05) is 12.1 Å². The SMILES string of the molecule is Cl/C=C1/COc2cccnc21. The zero-order valence-corrected chi connectivity index (χ0v) is 6.51. The second-order valence-electron chi connectivity index (χ2n) is 2.27. The first-order valence-corrected chi connectivity index (χ1v) is 3.73. The molecule has 1 aliphatic rings. The van der Waals surface area contributed by atoms with Gasteiger partial charge in [-0.05, 0) is 12.1 Å². The first kappa shape index (κ1) is 6.68. The Kier molecular flexibility index (Phi) is 1.55. The second-order valence-corrected chi connectivity index (χ2v) is 2.49. The summed E-state index contributed by atoms with van der Waals surface area (Å²) in [5.74, 6) is 0.819. The van der Waals surface area contributed by atoms with E-state index in [1.54, 1.807) is 6.20 Å². The van der Waals surface area contributed by atoms with Crippen LogP contribution in [0.5, 0.6) is 5.75 Å². The third kappa shape index (κ3) is 0.994. The van der Waals surface area contributed by atoms with Crippen LogP contribution in [0.3, 0.4) is 0 Å². The molecule has 0 fully saturated rings. The molecule has 0 radical (unpaired) electrons. The van der Waals surface area contributed by atoms with Crippen molar-refractivity contribution in [2.75, 3.05) is 6.61 Å². The summed E-state index contributed by atoms with van der Waals surface area (Å²) in [5, 5.41) is 0. The molecular formula is C8H6ClNO. The molecule has 2 heterocycles. The number of hydrogen-bond donors (Lipinski definition) is 0. The van der Waals surface area contributed by atoms with Gasteiger partial charge < -0.3 is 4.74 Å². The molecule has 0 unspecified atom stereocenters. The molecule has 1 aromatic rings. The molecule has 56 valence electrons. The standard InChI is InChI=1S/C8H6ClNO/c9-4-6-5-11-7-2-1-3-10-8(6)7/h1-4H,5H2/b6-4-. The number of nitrogens with zero attached hydrogens (tertiary/aromatic N) is 1. The normalized spacial score (nSPS) is 18.1. The van der Waals surface area contributed by atoms with E-state index in [4.69, 9.17) is 16.3 Å². The fourth-order valence-electron chi connectivity index (χ4n) is 1.06. The van der Waals surface area contributed by atoms with Gasteiger partial charge in [-0.3, -0.25) is 4.98 Å². The Morgan fingerprint density at radius 1 is 1.64 bits per heavy atom. The highest BCUT2D eigenvalue weighted by Gasteiger charge is 2.17. The molecule has 0 aliphatic carbocycles. The van der Waals surface area contributed by atoms with Crippen LogP contribution in [0, 0.1) is 0 Å². The van der Waals surface area contributed by atoms with E-state index >= 15 is 0 Å². The quantitative estimate of drug-likeness (QED) is 0.590. The maximum atomic E-state index is 5.55.